The molecule has 0 aliphatic rings. The Labute approximate surface area is 229 Å². The van der Waals surface area contributed by atoms with Gasteiger partial charge in [-0.3, -0.25) is 0 Å². The Hall–Kier alpha value is -5.09. The molecule has 9 nitrogen and oxygen atoms in total. The summed E-state index contributed by atoms with van der Waals surface area (Å²) < 4.78 is 5.60. The second kappa shape index (κ2) is 12.0. The molecule has 2 heterocycles. The Morgan fingerprint density at radius 1 is 0.897 bits per heavy atom. The molecule has 5 N–H and O–H groups in total. The minimum Gasteiger partial charge on any atom is -0.462 e. The lowest BCUT2D eigenvalue weighted by Gasteiger charge is -2.12. The number of anilines is 2. The van der Waals surface area contributed by atoms with Crippen LogP contribution >= 0.6 is 11.3 Å². The Morgan fingerprint density at radius 2 is 1.67 bits per heavy atom. The van der Waals surface area contributed by atoms with Gasteiger partial charge in [0.25, 0.3) is 0 Å². The van der Waals surface area contributed by atoms with Crippen molar-refractivity contribution in [2.75, 3.05) is 17.7 Å². The zero-order chi connectivity index (χ0) is 27.0. The summed E-state index contributed by atoms with van der Waals surface area (Å²) >= 11 is 1.32. The van der Waals surface area contributed by atoms with Crippen molar-refractivity contribution in [2.24, 2.45) is 10.7 Å². The highest BCUT2D eigenvalue weighted by atomic mass is 32.1. The van der Waals surface area contributed by atoms with E-state index in [1.807, 2.05) is 78.2 Å². The molecule has 2 aromatic heterocycles. The number of carbonyl (C=O) groups is 1. The Kier molecular flexibility index (Phi) is 7.84. The Morgan fingerprint density at radius 3 is 2.44 bits per heavy atom. The molecule has 0 radical (unpaired) electrons. The number of ether oxygens (including phenoxy) is 1. The number of hydrogen-bond acceptors (Lipinski definition) is 8. The molecule has 194 valence electrons. The first-order valence-electron chi connectivity index (χ1n) is 12.1. The molecule has 0 amide bonds. The average molecular weight is 536 g/mol. The molecule has 5 aromatic rings. The van der Waals surface area contributed by atoms with Crippen LogP contribution in [0.3, 0.4) is 0 Å². The number of guanidine groups is 1. The number of nitrogen functional groups attached to an aromatic ring is 1. The molecule has 0 saturated carbocycles. The van der Waals surface area contributed by atoms with Crippen LogP contribution < -0.4 is 16.8 Å². The number of nitrogens with one attached hydrogen (secondary N) is 1. The number of nitrogens with zero attached hydrogens (tertiary/aromatic N) is 4. The highest BCUT2D eigenvalue weighted by Gasteiger charge is 2.16. The van der Waals surface area contributed by atoms with Gasteiger partial charge in [0.1, 0.15) is 0 Å². The van der Waals surface area contributed by atoms with Crippen LogP contribution in [-0.4, -0.2) is 33.7 Å². The van der Waals surface area contributed by atoms with E-state index in [2.05, 4.69) is 25.5 Å². The third-order valence-corrected chi connectivity index (χ3v) is 6.46. The summed E-state index contributed by atoms with van der Waals surface area (Å²) in [6.07, 6.45) is 0.472. The fourth-order valence-corrected chi connectivity index (χ4v) is 4.49. The first kappa shape index (κ1) is 25.6. The molecular weight excluding hydrogens is 510 g/mol. The molecule has 0 unspecified atom stereocenters. The van der Waals surface area contributed by atoms with Crippen LogP contribution in [0.25, 0.3) is 22.5 Å². The number of thiazole rings is 1. The fraction of sp³-hybridized carbons (Fsp3) is 0.0690. The van der Waals surface area contributed by atoms with E-state index in [9.17, 15) is 4.79 Å². The van der Waals surface area contributed by atoms with Crippen molar-refractivity contribution in [2.45, 2.75) is 6.42 Å². The highest BCUT2D eigenvalue weighted by molar-refractivity contribution is 7.13. The number of nitrogens with two attached hydrogens (primary N) is 2. The number of benzene rings is 3. The minimum atomic E-state index is -0.429. The van der Waals surface area contributed by atoms with Crippen molar-refractivity contribution in [3.8, 4) is 22.5 Å². The molecular formula is C29H25N7O2S. The van der Waals surface area contributed by atoms with Crippen molar-refractivity contribution in [1.82, 2.24) is 15.2 Å². The van der Waals surface area contributed by atoms with Gasteiger partial charge in [-0.25, -0.2) is 9.78 Å². The molecule has 0 saturated heterocycles. The molecule has 39 heavy (non-hydrogen) atoms. The van der Waals surface area contributed by atoms with E-state index < -0.39 is 5.97 Å². The Balaban J connectivity index is 1.22. The first-order valence-corrected chi connectivity index (χ1v) is 13.0. The van der Waals surface area contributed by atoms with Gasteiger partial charge in [0, 0.05) is 28.6 Å². The van der Waals surface area contributed by atoms with Gasteiger partial charge in [-0.05, 0) is 29.8 Å². The van der Waals surface area contributed by atoms with E-state index in [0.29, 0.717) is 34.2 Å². The molecule has 0 bridgehead atoms. The van der Waals surface area contributed by atoms with Crippen molar-refractivity contribution < 1.29 is 9.53 Å². The predicted molar refractivity (Wildman–Crippen MR) is 155 cm³/mol. The molecule has 0 aliphatic carbocycles. The molecule has 3 aromatic carbocycles. The van der Waals surface area contributed by atoms with E-state index in [4.69, 9.17) is 16.2 Å². The van der Waals surface area contributed by atoms with Crippen LogP contribution in [0.4, 0.5) is 16.6 Å². The second-order valence-electron chi connectivity index (χ2n) is 8.42. The lowest BCUT2D eigenvalue weighted by atomic mass is 10.1. The van der Waals surface area contributed by atoms with Gasteiger partial charge < -0.3 is 21.5 Å². The first-order chi connectivity index (χ1) is 19.1. The molecule has 0 aliphatic heterocycles. The second-order valence-corrected chi connectivity index (χ2v) is 9.31. The lowest BCUT2D eigenvalue weighted by Crippen LogP contribution is -2.23. The molecule has 10 heteroatoms. The number of aliphatic imine (C=N–C) groups is 1. The summed E-state index contributed by atoms with van der Waals surface area (Å²) in [7, 11) is 0. The molecule has 5 rings (SSSR count). The van der Waals surface area contributed by atoms with Crippen LogP contribution in [0.15, 0.2) is 101 Å². The van der Waals surface area contributed by atoms with Crippen LogP contribution in [0.1, 0.15) is 15.9 Å². The summed E-state index contributed by atoms with van der Waals surface area (Å²) in [5.41, 5.74) is 17.1. The summed E-state index contributed by atoms with van der Waals surface area (Å²) in [5.74, 6) is 0.116. The number of esters is 1. The van der Waals surface area contributed by atoms with E-state index in [0.717, 1.165) is 22.5 Å². The quantitative estimate of drug-likeness (QED) is 0.138. The normalized spacial score (nSPS) is 11.2. The van der Waals surface area contributed by atoms with Crippen LogP contribution in [0, 0.1) is 0 Å². The standard InChI is InChI=1S/C29H25N7O2S/c30-28(34-26-15-14-24(35-36-26)19-8-2-1-3-9-19)32-23-13-7-4-10-20(23)16-17-38-27(37)22-12-6-5-11-21(22)25-18-39-29(31)33-25/h1-15,18H,16-17H2,(H2,31,33)(H3,30,32,34,36). The summed E-state index contributed by atoms with van der Waals surface area (Å²) in [5, 5.41) is 13.8. The van der Waals surface area contributed by atoms with Crippen molar-refractivity contribution in [3.05, 3.63) is 108 Å². The van der Waals surface area contributed by atoms with E-state index in [1.54, 1.807) is 18.2 Å². The average Bonchev–Trinajstić information content (AvgIpc) is 3.41. The number of para-hydroxylation sites is 1. The van der Waals surface area contributed by atoms with Gasteiger partial charge in [-0.2, -0.15) is 4.99 Å². The zero-order valence-corrected chi connectivity index (χ0v) is 21.6. The summed E-state index contributed by atoms with van der Waals surface area (Å²) in [4.78, 5) is 21.5. The SMILES string of the molecule is NC(=Nc1ccc(-c2ccccc2)nn1)Nc1ccccc1CCOC(=O)c1ccccc1-c1csc(N)n1. The number of carbonyl (C=O) groups excluding carboxylic acids is 1. The number of aromatic nitrogens is 3. The topological polar surface area (TPSA) is 141 Å². The van der Waals surface area contributed by atoms with E-state index >= 15 is 0 Å². The zero-order valence-electron chi connectivity index (χ0n) is 20.8. The predicted octanol–water partition coefficient (Wildman–Crippen LogP) is 5.31. The van der Waals surface area contributed by atoms with Gasteiger partial charge in [-0.1, -0.05) is 66.7 Å². The number of hydrogen-bond donors (Lipinski definition) is 3. The van der Waals surface area contributed by atoms with Crippen molar-refractivity contribution >= 4 is 39.9 Å². The molecule has 0 atom stereocenters. The van der Waals surface area contributed by atoms with Crippen molar-refractivity contribution in [3.63, 3.8) is 0 Å². The smallest absolute Gasteiger partial charge is 0.338 e. The fourth-order valence-electron chi connectivity index (χ4n) is 3.92. The summed E-state index contributed by atoms with van der Waals surface area (Å²) in [6.45, 7) is 0.175. The number of rotatable bonds is 8. The monoisotopic (exact) mass is 535 g/mol. The van der Waals surface area contributed by atoms with Crippen LogP contribution in [0.2, 0.25) is 0 Å². The maximum atomic E-state index is 12.9. The highest BCUT2D eigenvalue weighted by Crippen LogP contribution is 2.27. The minimum absolute atomic E-state index is 0.165. The summed E-state index contributed by atoms with van der Waals surface area (Å²) in [6, 6.07) is 28.2. The maximum absolute atomic E-state index is 12.9. The van der Waals surface area contributed by atoms with Gasteiger partial charge in [-0.15, -0.1) is 21.5 Å². The van der Waals surface area contributed by atoms with Crippen LogP contribution in [-0.2, 0) is 11.2 Å². The maximum Gasteiger partial charge on any atom is 0.338 e. The third kappa shape index (κ3) is 6.43. The van der Waals surface area contributed by atoms with Crippen molar-refractivity contribution in [1.29, 1.82) is 0 Å². The van der Waals surface area contributed by atoms with Gasteiger partial charge in [0.05, 0.1) is 23.6 Å². The lowest BCUT2D eigenvalue weighted by molar-refractivity contribution is 0.0510. The van der Waals surface area contributed by atoms with Gasteiger partial charge >= 0.3 is 5.97 Å². The molecule has 0 fully saturated rings. The van der Waals surface area contributed by atoms with E-state index in [1.165, 1.54) is 11.3 Å². The third-order valence-electron chi connectivity index (χ3n) is 5.78. The molecule has 0 spiro atoms. The van der Waals surface area contributed by atoms with E-state index in [-0.39, 0.29) is 12.6 Å². The largest absolute Gasteiger partial charge is 0.462 e. The Bertz CT molecular complexity index is 1600. The van der Waals surface area contributed by atoms with Gasteiger partial charge in [0.15, 0.2) is 16.9 Å². The van der Waals surface area contributed by atoms with Crippen LogP contribution in [0.5, 0.6) is 0 Å². The van der Waals surface area contributed by atoms with Gasteiger partial charge in [0.2, 0.25) is 0 Å².